The molecule has 1 spiro atoms. The molecule has 3 fully saturated rings. The lowest BCUT2D eigenvalue weighted by molar-refractivity contribution is -0.136. The van der Waals surface area contributed by atoms with Crippen LogP contribution in [0.25, 0.3) is 0 Å². The van der Waals surface area contributed by atoms with Gasteiger partial charge in [0.1, 0.15) is 0 Å². The third kappa shape index (κ3) is 3.18. The zero-order chi connectivity index (χ0) is 18.3. The van der Waals surface area contributed by atoms with Crippen molar-refractivity contribution in [3.63, 3.8) is 0 Å². The van der Waals surface area contributed by atoms with Crippen molar-refractivity contribution in [2.45, 2.75) is 45.1 Å². The molecule has 1 saturated carbocycles. The van der Waals surface area contributed by atoms with E-state index in [0.29, 0.717) is 25.1 Å². The average molecular weight is 361 g/mol. The van der Waals surface area contributed by atoms with Crippen molar-refractivity contribution in [1.29, 1.82) is 0 Å². The van der Waals surface area contributed by atoms with E-state index in [-0.39, 0.29) is 11.3 Å². The number of aromatic nitrogens is 2. The predicted molar refractivity (Wildman–Crippen MR) is 100 cm³/mol. The fourth-order valence-corrected chi connectivity index (χ4v) is 4.75. The van der Waals surface area contributed by atoms with Crippen LogP contribution >= 0.6 is 0 Å². The highest BCUT2D eigenvalue weighted by Crippen LogP contribution is 2.50. The second-order valence-electron chi connectivity index (χ2n) is 8.72. The molecule has 144 valence electrons. The number of carbonyl (C=O) groups is 1. The van der Waals surface area contributed by atoms with E-state index in [4.69, 9.17) is 9.72 Å². The van der Waals surface area contributed by atoms with E-state index in [9.17, 15) is 4.79 Å². The largest absolute Gasteiger partial charge is 0.383 e. The first-order valence-corrected chi connectivity index (χ1v) is 10.1. The van der Waals surface area contributed by atoms with E-state index < -0.39 is 0 Å². The second kappa shape index (κ2) is 6.97. The smallest absolute Gasteiger partial charge is 0.230 e. The minimum absolute atomic E-state index is 0.210. The van der Waals surface area contributed by atoms with Gasteiger partial charge in [-0.2, -0.15) is 0 Å². The number of nitrogens with zero attached hydrogens (tertiary/aromatic N) is 4. The van der Waals surface area contributed by atoms with Gasteiger partial charge in [0.25, 0.3) is 0 Å². The van der Waals surface area contributed by atoms with Gasteiger partial charge in [0, 0.05) is 58.0 Å². The van der Waals surface area contributed by atoms with Crippen molar-refractivity contribution in [3.8, 4) is 0 Å². The van der Waals surface area contributed by atoms with Crippen molar-refractivity contribution in [2.24, 2.45) is 11.3 Å². The van der Waals surface area contributed by atoms with Gasteiger partial charge < -0.3 is 19.1 Å². The summed E-state index contributed by atoms with van der Waals surface area (Å²) in [5, 5.41) is 0. The fourth-order valence-electron chi connectivity index (χ4n) is 4.75. The highest BCUT2D eigenvalue weighted by atomic mass is 16.5. The first-order valence-electron chi connectivity index (χ1n) is 10.1. The van der Waals surface area contributed by atoms with Crippen molar-refractivity contribution < 1.29 is 9.53 Å². The normalized spacial score (nSPS) is 29.6. The van der Waals surface area contributed by atoms with Crippen molar-refractivity contribution in [2.75, 3.05) is 46.4 Å². The Morgan fingerprint density at radius 2 is 2.19 bits per heavy atom. The zero-order valence-electron chi connectivity index (χ0n) is 16.4. The van der Waals surface area contributed by atoms with Gasteiger partial charge in [-0.05, 0) is 39.0 Å². The van der Waals surface area contributed by atoms with Crippen LogP contribution in [0.1, 0.15) is 50.8 Å². The number of methoxy groups -OCH3 is 1. The average Bonchev–Trinajstić information content (AvgIpc) is 3.05. The van der Waals surface area contributed by atoms with Crippen molar-refractivity contribution in [1.82, 2.24) is 19.4 Å². The Balaban J connectivity index is 1.59. The molecular weight excluding hydrogens is 328 g/mol. The molecule has 1 aromatic heterocycles. The Hall–Kier alpha value is -1.40. The lowest BCUT2D eigenvalue weighted by Crippen LogP contribution is -2.40. The van der Waals surface area contributed by atoms with Crippen LogP contribution in [0.15, 0.2) is 12.5 Å². The third-order valence-electron chi connectivity index (χ3n) is 6.51. The number of hydrogen-bond acceptors (Lipinski definition) is 4. The molecule has 3 heterocycles. The number of hydrogen-bond donors (Lipinski definition) is 0. The topological polar surface area (TPSA) is 50.6 Å². The van der Waals surface area contributed by atoms with Gasteiger partial charge in [-0.25, -0.2) is 4.98 Å². The maximum Gasteiger partial charge on any atom is 0.230 e. The number of carbonyl (C=O) groups excluding carboxylic acids is 1. The van der Waals surface area contributed by atoms with E-state index in [1.54, 1.807) is 7.11 Å². The third-order valence-corrected chi connectivity index (χ3v) is 6.51. The summed E-state index contributed by atoms with van der Waals surface area (Å²) >= 11 is 0. The van der Waals surface area contributed by atoms with Gasteiger partial charge in [-0.1, -0.05) is 0 Å². The molecule has 0 bridgehead atoms. The highest BCUT2D eigenvalue weighted by Gasteiger charge is 2.57. The molecule has 1 amide bonds. The molecule has 2 atom stereocenters. The van der Waals surface area contributed by atoms with Crippen LogP contribution in [-0.2, 0) is 9.53 Å². The monoisotopic (exact) mass is 360 g/mol. The summed E-state index contributed by atoms with van der Waals surface area (Å²) in [5.41, 5.74) is 0.803. The van der Waals surface area contributed by atoms with E-state index in [2.05, 4.69) is 29.5 Å². The molecule has 0 radical (unpaired) electrons. The van der Waals surface area contributed by atoms with Gasteiger partial charge >= 0.3 is 0 Å². The second-order valence-corrected chi connectivity index (χ2v) is 8.72. The summed E-state index contributed by atoms with van der Waals surface area (Å²) in [6, 6.07) is 0.397. The molecule has 1 aliphatic carbocycles. The summed E-state index contributed by atoms with van der Waals surface area (Å²) in [7, 11) is 1.70. The lowest BCUT2D eigenvalue weighted by Gasteiger charge is -2.28. The Kier molecular flexibility index (Phi) is 4.82. The van der Waals surface area contributed by atoms with Crippen molar-refractivity contribution in [3.05, 3.63) is 18.2 Å². The Labute approximate surface area is 156 Å². The summed E-state index contributed by atoms with van der Waals surface area (Å²) in [6.07, 6.45) is 7.74. The number of rotatable bonds is 7. The van der Waals surface area contributed by atoms with Gasteiger partial charge in [0.15, 0.2) is 0 Å². The van der Waals surface area contributed by atoms with E-state index in [0.717, 1.165) is 44.2 Å². The molecule has 2 saturated heterocycles. The molecule has 26 heavy (non-hydrogen) atoms. The number of amides is 1. The number of likely N-dealkylation sites (tertiary alicyclic amines) is 2. The van der Waals surface area contributed by atoms with E-state index in [1.807, 2.05) is 11.2 Å². The summed E-state index contributed by atoms with van der Waals surface area (Å²) in [4.78, 5) is 22.7. The summed E-state index contributed by atoms with van der Waals surface area (Å²) in [5.74, 6) is 1.37. The van der Waals surface area contributed by atoms with Crippen LogP contribution in [-0.4, -0.2) is 71.7 Å². The van der Waals surface area contributed by atoms with Gasteiger partial charge in [0.2, 0.25) is 5.91 Å². The molecule has 1 aromatic rings. The number of imidazole rings is 1. The molecule has 0 N–H and O–H groups in total. The SMILES string of the molecule is COCCN1CC[C@@]2(CN(CC3CC3)C[C@@H]2c2cn(C(C)C)cn2)C1=O. The molecule has 4 rings (SSSR count). The van der Waals surface area contributed by atoms with Crippen LogP contribution in [0.4, 0.5) is 0 Å². The standard InChI is InChI=1S/C20H32N4O2/c1-15(2)24-12-18(21-14-24)17-11-22(10-16-4-5-16)13-20(17)6-7-23(19(20)25)8-9-26-3/h12,14-17H,4-11,13H2,1-3H3/t17-,20+/m1/s1. The quantitative estimate of drug-likeness (QED) is 0.748. The predicted octanol–water partition coefficient (Wildman–Crippen LogP) is 2.14. The number of ether oxygens (including phenoxy) is 1. The zero-order valence-corrected chi connectivity index (χ0v) is 16.4. The van der Waals surface area contributed by atoms with Gasteiger partial charge in [0.05, 0.1) is 24.0 Å². The van der Waals surface area contributed by atoms with E-state index in [1.165, 1.54) is 12.8 Å². The van der Waals surface area contributed by atoms with Crippen molar-refractivity contribution >= 4 is 5.91 Å². The fraction of sp³-hybridized carbons (Fsp3) is 0.800. The van der Waals surface area contributed by atoms with Gasteiger partial charge in [-0.15, -0.1) is 0 Å². The van der Waals surface area contributed by atoms with Gasteiger partial charge in [-0.3, -0.25) is 4.79 Å². The van der Waals surface area contributed by atoms with Crippen LogP contribution in [0.2, 0.25) is 0 Å². The van der Waals surface area contributed by atoms with Crippen LogP contribution in [0.3, 0.4) is 0 Å². The minimum Gasteiger partial charge on any atom is -0.383 e. The Morgan fingerprint density at radius 3 is 2.85 bits per heavy atom. The minimum atomic E-state index is -0.293. The molecular formula is C20H32N4O2. The lowest BCUT2D eigenvalue weighted by atomic mass is 9.75. The Bertz CT molecular complexity index is 654. The highest BCUT2D eigenvalue weighted by molar-refractivity contribution is 5.86. The molecule has 6 heteroatoms. The first kappa shape index (κ1) is 18.0. The molecule has 3 aliphatic rings. The van der Waals surface area contributed by atoms with Crippen LogP contribution in [0, 0.1) is 11.3 Å². The molecule has 0 unspecified atom stereocenters. The molecule has 2 aliphatic heterocycles. The van der Waals surface area contributed by atoms with Crippen LogP contribution in [0.5, 0.6) is 0 Å². The molecule has 6 nitrogen and oxygen atoms in total. The maximum absolute atomic E-state index is 13.4. The first-order chi connectivity index (χ1) is 12.5. The Morgan fingerprint density at radius 1 is 1.38 bits per heavy atom. The molecule has 0 aromatic carbocycles. The van der Waals surface area contributed by atoms with E-state index >= 15 is 0 Å². The summed E-state index contributed by atoms with van der Waals surface area (Å²) < 4.78 is 7.37. The maximum atomic E-state index is 13.4. The van der Waals surface area contributed by atoms with Crippen LogP contribution < -0.4 is 0 Å². The summed E-state index contributed by atoms with van der Waals surface area (Å²) in [6.45, 7) is 9.51.